The minimum absolute atomic E-state index is 0.0666. The molecule has 3 aromatic rings. The number of alkyl halides is 4. The maximum atomic E-state index is 13.6. The summed E-state index contributed by atoms with van der Waals surface area (Å²) in [6, 6.07) is 5.96. The number of halogens is 4. The van der Waals surface area contributed by atoms with Gasteiger partial charge < -0.3 is 9.47 Å². The zero-order valence-electron chi connectivity index (χ0n) is 16.4. The summed E-state index contributed by atoms with van der Waals surface area (Å²) in [6.07, 6.45) is -3.09. The van der Waals surface area contributed by atoms with Crippen LogP contribution in [-0.2, 0) is 24.2 Å². The summed E-state index contributed by atoms with van der Waals surface area (Å²) in [6.45, 7) is 0.0497. The Labute approximate surface area is 178 Å². The van der Waals surface area contributed by atoms with E-state index in [1.807, 2.05) is 0 Å². The zero-order valence-corrected chi connectivity index (χ0v) is 18.0. The highest BCUT2D eigenvalue weighted by Crippen LogP contribution is 2.38. The highest BCUT2D eigenvalue weighted by molar-refractivity contribution is 9.09. The van der Waals surface area contributed by atoms with Crippen LogP contribution in [0.5, 0.6) is 5.75 Å². The van der Waals surface area contributed by atoms with Gasteiger partial charge in [-0.2, -0.15) is 18.3 Å². The molecule has 0 bridgehead atoms. The monoisotopic (exact) mass is 488 g/mol. The van der Waals surface area contributed by atoms with Gasteiger partial charge in [0.1, 0.15) is 23.5 Å². The highest BCUT2D eigenvalue weighted by atomic mass is 79.9. The van der Waals surface area contributed by atoms with Gasteiger partial charge in [-0.05, 0) is 31.0 Å². The molecule has 2 aromatic heterocycles. The first-order valence-corrected chi connectivity index (χ1v) is 10.2. The second kappa shape index (κ2) is 9.17. The Morgan fingerprint density at radius 1 is 1.13 bits per heavy atom. The molecule has 3 rings (SSSR count). The number of ether oxygens (including phenoxy) is 2. The van der Waals surface area contributed by atoms with Crippen molar-refractivity contribution in [3.05, 3.63) is 40.4 Å². The van der Waals surface area contributed by atoms with Gasteiger partial charge in [-0.25, -0.2) is 9.67 Å². The lowest BCUT2D eigenvalue weighted by Crippen LogP contribution is -2.22. The predicted molar refractivity (Wildman–Crippen MR) is 109 cm³/mol. The Kier molecular flexibility index (Phi) is 6.81. The van der Waals surface area contributed by atoms with Gasteiger partial charge in [0.25, 0.3) is 5.56 Å². The van der Waals surface area contributed by atoms with Crippen LogP contribution in [-0.4, -0.2) is 38.9 Å². The Hall–Kier alpha value is -2.40. The second-order valence-corrected chi connectivity index (χ2v) is 7.26. The van der Waals surface area contributed by atoms with Crippen molar-refractivity contribution in [2.75, 3.05) is 19.5 Å². The lowest BCUT2D eigenvalue weighted by atomic mass is 10.1. The lowest BCUT2D eigenvalue weighted by Gasteiger charge is -2.12. The largest absolute Gasteiger partial charge is 0.494 e. The molecule has 11 heteroatoms. The number of rotatable bonds is 8. The zero-order chi connectivity index (χ0) is 21.9. The van der Waals surface area contributed by atoms with Crippen molar-refractivity contribution < 1.29 is 22.6 Å². The number of fused-ring (bicyclic) bond motifs is 1. The Morgan fingerprint density at radius 2 is 1.90 bits per heavy atom. The van der Waals surface area contributed by atoms with Gasteiger partial charge in [0.05, 0.1) is 12.8 Å². The third kappa shape index (κ3) is 4.36. The average Bonchev–Trinajstić information content (AvgIpc) is 3.09. The molecule has 0 fully saturated rings. The molecule has 0 amide bonds. The molecule has 162 valence electrons. The molecular formula is C19H20BrF3N4O3. The number of hydrogen-bond donors (Lipinski definition) is 0. The van der Waals surface area contributed by atoms with Crippen molar-refractivity contribution in [2.24, 2.45) is 0 Å². The normalized spacial score (nSPS) is 11.9. The number of methoxy groups -OCH3 is 2. The number of aryl methyl sites for hydroxylation is 1. The van der Waals surface area contributed by atoms with E-state index in [4.69, 9.17) is 9.47 Å². The number of imidazole rings is 1. The summed E-state index contributed by atoms with van der Waals surface area (Å²) < 4.78 is 53.3. The molecule has 0 radical (unpaired) electrons. The number of nitrogens with zero attached hydrogens (tertiary/aromatic N) is 4. The van der Waals surface area contributed by atoms with Crippen molar-refractivity contribution in [1.82, 2.24) is 19.3 Å². The summed E-state index contributed by atoms with van der Waals surface area (Å²) >= 11 is 3.34. The van der Waals surface area contributed by atoms with Crippen LogP contribution in [0, 0.1) is 0 Å². The van der Waals surface area contributed by atoms with Crippen LogP contribution in [0.4, 0.5) is 13.2 Å². The quantitative estimate of drug-likeness (QED) is 0.353. The van der Waals surface area contributed by atoms with Crippen LogP contribution in [0.1, 0.15) is 18.7 Å². The SMILES string of the molecule is COCn1c(C(F)(F)F)nc2c(-c3ccc(=O)n(CCCCBr)n3)ccc(OC)c21. The minimum atomic E-state index is -4.69. The van der Waals surface area contributed by atoms with Crippen molar-refractivity contribution in [3.8, 4) is 17.0 Å². The predicted octanol–water partition coefficient (Wildman–Crippen LogP) is 4.07. The molecule has 0 saturated heterocycles. The summed E-state index contributed by atoms with van der Waals surface area (Å²) in [5, 5.41) is 5.16. The topological polar surface area (TPSA) is 71.2 Å². The van der Waals surface area contributed by atoms with Crippen LogP contribution in [0.15, 0.2) is 29.1 Å². The Balaban J connectivity index is 2.23. The van der Waals surface area contributed by atoms with Gasteiger partial charge in [0.15, 0.2) is 0 Å². The molecule has 7 nitrogen and oxygen atoms in total. The van der Waals surface area contributed by atoms with Gasteiger partial charge in [-0.15, -0.1) is 0 Å². The first-order chi connectivity index (χ1) is 14.3. The van der Waals surface area contributed by atoms with Crippen molar-refractivity contribution in [2.45, 2.75) is 32.3 Å². The summed E-state index contributed by atoms with van der Waals surface area (Å²) in [5.41, 5.74) is 0.635. The smallest absolute Gasteiger partial charge is 0.449 e. The molecule has 2 heterocycles. The van der Waals surface area contributed by atoms with E-state index in [0.29, 0.717) is 17.8 Å². The van der Waals surface area contributed by atoms with Crippen molar-refractivity contribution >= 4 is 27.0 Å². The van der Waals surface area contributed by atoms with Crippen LogP contribution < -0.4 is 10.3 Å². The van der Waals surface area contributed by atoms with Crippen molar-refractivity contribution in [3.63, 3.8) is 0 Å². The van der Waals surface area contributed by atoms with Gasteiger partial charge >= 0.3 is 6.18 Å². The van der Waals surface area contributed by atoms with E-state index in [1.54, 1.807) is 12.1 Å². The molecule has 0 unspecified atom stereocenters. The molecule has 1 aromatic carbocycles. The fraction of sp³-hybridized carbons (Fsp3) is 0.421. The number of benzene rings is 1. The molecular weight excluding hydrogens is 469 g/mol. The second-order valence-electron chi connectivity index (χ2n) is 6.47. The van der Waals surface area contributed by atoms with Crippen LogP contribution in [0.3, 0.4) is 0 Å². The first-order valence-electron chi connectivity index (χ1n) is 9.09. The molecule has 0 aliphatic carbocycles. The van der Waals surface area contributed by atoms with Crippen LogP contribution in [0.2, 0.25) is 0 Å². The maximum Gasteiger partial charge on any atom is 0.449 e. The maximum absolute atomic E-state index is 13.6. The molecule has 0 N–H and O–H groups in total. The summed E-state index contributed by atoms with van der Waals surface area (Å²) in [5.74, 6) is -0.879. The number of aromatic nitrogens is 4. The van der Waals surface area contributed by atoms with E-state index in [1.165, 1.54) is 31.0 Å². The highest BCUT2D eigenvalue weighted by Gasteiger charge is 2.38. The lowest BCUT2D eigenvalue weighted by molar-refractivity contribution is -0.148. The van der Waals surface area contributed by atoms with Gasteiger partial charge in [0.2, 0.25) is 5.82 Å². The molecule has 0 saturated carbocycles. The number of unbranched alkanes of at least 4 members (excludes halogenated alkanes) is 1. The van der Waals surface area contributed by atoms with Gasteiger partial charge in [-0.1, -0.05) is 15.9 Å². The van der Waals surface area contributed by atoms with E-state index >= 15 is 0 Å². The minimum Gasteiger partial charge on any atom is -0.494 e. The number of hydrogen-bond acceptors (Lipinski definition) is 5. The third-order valence-electron chi connectivity index (χ3n) is 4.49. The standard InChI is InChI=1S/C19H20BrF3N4O3/c1-29-11-26-17-14(30-2)7-5-12(16(17)24-18(26)19(21,22)23)13-6-8-15(28)27(25-13)10-4-3-9-20/h5-8H,3-4,9-11H2,1-2H3. The first kappa shape index (κ1) is 22.3. The van der Waals surface area contributed by atoms with E-state index in [-0.39, 0.29) is 29.1 Å². The average molecular weight is 489 g/mol. The molecule has 0 atom stereocenters. The molecule has 0 aliphatic heterocycles. The van der Waals surface area contributed by atoms with E-state index < -0.39 is 12.0 Å². The molecule has 0 aliphatic rings. The van der Waals surface area contributed by atoms with Gasteiger partial charge in [0, 0.05) is 30.6 Å². The Morgan fingerprint density at radius 3 is 2.53 bits per heavy atom. The third-order valence-corrected chi connectivity index (χ3v) is 5.05. The molecule has 0 spiro atoms. The Bertz CT molecular complexity index is 1100. The van der Waals surface area contributed by atoms with Crippen molar-refractivity contribution in [1.29, 1.82) is 0 Å². The fourth-order valence-electron chi connectivity index (χ4n) is 3.16. The molecule has 30 heavy (non-hydrogen) atoms. The fourth-order valence-corrected chi connectivity index (χ4v) is 3.56. The van der Waals surface area contributed by atoms with Crippen LogP contribution in [0.25, 0.3) is 22.3 Å². The summed E-state index contributed by atoms with van der Waals surface area (Å²) in [4.78, 5) is 16.0. The van der Waals surface area contributed by atoms with E-state index in [9.17, 15) is 18.0 Å². The van der Waals surface area contributed by atoms with Crippen LogP contribution >= 0.6 is 15.9 Å². The summed E-state index contributed by atoms with van der Waals surface area (Å²) in [7, 11) is 2.67. The van der Waals surface area contributed by atoms with E-state index in [0.717, 1.165) is 22.7 Å². The van der Waals surface area contributed by atoms with E-state index in [2.05, 4.69) is 26.0 Å². The van der Waals surface area contributed by atoms with Gasteiger partial charge in [-0.3, -0.25) is 9.36 Å².